The molecule has 7 nitrogen and oxygen atoms in total. The molecule has 0 unspecified atom stereocenters. The van der Waals surface area contributed by atoms with Gasteiger partial charge in [-0.2, -0.15) is 0 Å². The van der Waals surface area contributed by atoms with Crippen molar-refractivity contribution in [3.63, 3.8) is 0 Å². The molecule has 1 aliphatic rings. The second kappa shape index (κ2) is 8.59. The molecule has 0 spiro atoms. The van der Waals surface area contributed by atoms with Gasteiger partial charge in [0.1, 0.15) is 12.4 Å². The number of fused-ring (bicyclic) bond motifs is 1. The third-order valence-electron chi connectivity index (χ3n) is 4.51. The Morgan fingerprint density at radius 1 is 1.24 bits per heavy atom. The Balaban J connectivity index is 1.48. The number of aromatic nitrogens is 1. The number of carbonyl (C=O) groups excluding carboxylic acids is 2. The molecule has 4 rings (SSSR count). The van der Waals surface area contributed by atoms with Crippen molar-refractivity contribution in [3.05, 3.63) is 48.0 Å². The van der Waals surface area contributed by atoms with Crippen molar-refractivity contribution >= 4 is 44.2 Å². The Bertz CT molecular complexity index is 1040. The lowest BCUT2D eigenvalue weighted by Gasteiger charge is -2.14. The van der Waals surface area contributed by atoms with Crippen molar-refractivity contribution in [2.24, 2.45) is 0 Å². The Morgan fingerprint density at radius 3 is 2.90 bits per heavy atom. The van der Waals surface area contributed by atoms with E-state index in [4.69, 9.17) is 9.47 Å². The molecular formula is C21H21N3O4S. The predicted molar refractivity (Wildman–Crippen MR) is 113 cm³/mol. The van der Waals surface area contributed by atoms with Crippen LogP contribution in [0.1, 0.15) is 30.1 Å². The van der Waals surface area contributed by atoms with Gasteiger partial charge in [-0.3, -0.25) is 14.9 Å². The standard InChI is InChI=1S/C21H21N3O4S/c1-13(25)22-14-8-9-17-19(11-14)29-21(23-17)24-20(26)16-6-2-3-7-18(16)28-12-15-5-4-10-27-15/h2-3,6-9,11,15H,4-5,10,12H2,1H3,(H,22,25)(H,23,24,26)/t15-/m1/s1. The minimum absolute atomic E-state index is 0.0770. The van der Waals surface area contributed by atoms with Crippen molar-refractivity contribution in [1.82, 2.24) is 4.98 Å². The van der Waals surface area contributed by atoms with E-state index in [0.29, 0.717) is 28.7 Å². The van der Waals surface area contributed by atoms with E-state index < -0.39 is 0 Å². The number of amides is 2. The zero-order valence-electron chi connectivity index (χ0n) is 15.9. The van der Waals surface area contributed by atoms with Crippen LogP contribution in [-0.4, -0.2) is 36.1 Å². The first-order chi connectivity index (χ1) is 14.1. The van der Waals surface area contributed by atoms with Crippen LogP contribution in [0.4, 0.5) is 10.8 Å². The number of thiazole rings is 1. The lowest BCUT2D eigenvalue weighted by molar-refractivity contribution is -0.114. The highest BCUT2D eigenvalue weighted by Gasteiger charge is 2.19. The first kappa shape index (κ1) is 19.4. The molecule has 150 valence electrons. The summed E-state index contributed by atoms with van der Waals surface area (Å²) in [5.41, 5.74) is 1.89. The van der Waals surface area contributed by atoms with Gasteiger partial charge >= 0.3 is 0 Å². The Hall–Kier alpha value is -2.97. The highest BCUT2D eigenvalue weighted by Crippen LogP contribution is 2.29. The molecule has 8 heteroatoms. The van der Waals surface area contributed by atoms with Crippen molar-refractivity contribution in [2.75, 3.05) is 23.8 Å². The normalized spacial score (nSPS) is 16.0. The van der Waals surface area contributed by atoms with E-state index in [-0.39, 0.29) is 17.9 Å². The zero-order chi connectivity index (χ0) is 20.2. The van der Waals surface area contributed by atoms with E-state index in [0.717, 1.165) is 29.7 Å². The number of hydrogen-bond acceptors (Lipinski definition) is 6. The molecule has 1 aromatic heterocycles. The number of hydrogen-bond donors (Lipinski definition) is 2. The van der Waals surface area contributed by atoms with Crippen LogP contribution in [0, 0.1) is 0 Å². The molecule has 0 radical (unpaired) electrons. The summed E-state index contributed by atoms with van der Waals surface area (Å²) >= 11 is 1.35. The van der Waals surface area contributed by atoms with E-state index in [2.05, 4.69) is 15.6 Å². The molecule has 0 aliphatic carbocycles. The topological polar surface area (TPSA) is 89.6 Å². The summed E-state index contributed by atoms with van der Waals surface area (Å²) in [5, 5.41) is 6.07. The molecule has 2 amide bonds. The van der Waals surface area contributed by atoms with Gasteiger partial charge in [0, 0.05) is 19.2 Å². The molecule has 0 bridgehead atoms. The van der Waals surface area contributed by atoms with Gasteiger partial charge in [0.25, 0.3) is 5.91 Å². The van der Waals surface area contributed by atoms with Crippen LogP contribution in [-0.2, 0) is 9.53 Å². The van der Waals surface area contributed by atoms with Gasteiger partial charge in [-0.15, -0.1) is 0 Å². The molecule has 29 heavy (non-hydrogen) atoms. The SMILES string of the molecule is CC(=O)Nc1ccc2nc(NC(=O)c3ccccc3OC[C@H]3CCCO3)sc2c1. The average molecular weight is 411 g/mol. The van der Waals surface area contributed by atoms with Gasteiger partial charge < -0.3 is 14.8 Å². The van der Waals surface area contributed by atoms with E-state index in [1.807, 2.05) is 18.2 Å². The van der Waals surface area contributed by atoms with Crippen LogP contribution in [0.2, 0.25) is 0 Å². The first-order valence-corrected chi connectivity index (χ1v) is 10.2. The predicted octanol–water partition coefficient (Wildman–Crippen LogP) is 4.06. The van der Waals surface area contributed by atoms with Gasteiger partial charge in [-0.05, 0) is 43.2 Å². The molecule has 1 saturated heterocycles. The van der Waals surface area contributed by atoms with Gasteiger partial charge in [0.2, 0.25) is 5.91 Å². The maximum atomic E-state index is 12.8. The third-order valence-corrected chi connectivity index (χ3v) is 5.44. The number of benzene rings is 2. The minimum atomic E-state index is -0.283. The number of ether oxygens (including phenoxy) is 2. The van der Waals surface area contributed by atoms with E-state index in [1.165, 1.54) is 18.3 Å². The number of nitrogens with zero attached hydrogens (tertiary/aromatic N) is 1. The maximum absolute atomic E-state index is 12.8. The molecule has 3 aromatic rings. The van der Waals surface area contributed by atoms with E-state index in [1.54, 1.807) is 24.3 Å². The molecule has 1 atom stereocenters. The molecule has 2 N–H and O–H groups in total. The highest BCUT2D eigenvalue weighted by atomic mass is 32.1. The second-order valence-corrected chi connectivity index (χ2v) is 7.81. The number of nitrogens with one attached hydrogen (secondary N) is 2. The fraction of sp³-hybridized carbons (Fsp3) is 0.286. The van der Waals surface area contributed by atoms with Crippen LogP contribution in [0.15, 0.2) is 42.5 Å². The maximum Gasteiger partial charge on any atom is 0.261 e. The van der Waals surface area contributed by atoms with Crippen LogP contribution in [0.5, 0.6) is 5.75 Å². The largest absolute Gasteiger partial charge is 0.490 e. The minimum Gasteiger partial charge on any atom is -0.490 e. The summed E-state index contributed by atoms with van der Waals surface area (Å²) in [6.45, 7) is 2.65. The van der Waals surface area contributed by atoms with E-state index in [9.17, 15) is 9.59 Å². The van der Waals surface area contributed by atoms with Crippen molar-refractivity contribution in [3.8, 4) is 5.75 Å². The smallest absolute Gasteiger partial charge is 0.261 e. The van der Waals surface area contributed by atoms with Crippen LogP contribution < -0.4 is 15.4 Å². The molecule has 2 heterocycles. The van der Waals surface area contributed by atoms with Crippen LogP contribution >= 0.6 is 11.3 Å². The number of para-hydroxylation sites is 1. The van der Waals surface area contributed by atoms with Crippen molar-refractivity contribution in [1.29, 1.82) is 0 Å². The van der Waals surface area contributed by atoms with Gasteiger partial charge in [-0.25, -0.2) is 4.98 Å². The number of rotatable bonds is 6. The summed E-state index contributed by atoms with van der Waals surface area (Å²) < 4.78 is 12.3. The summed E-state index contributed by atoms with van der Waals surface area (Å²) in [6.07, 6.45) is 2.09. The van der Waals surface area contributed by atoms with Gasteiger partial charge in [0.15, 0.2) is 5.13 Å². The summed E-state index contributed by atoms with van der Waals surface area (Å²) in [5.74, 6) is 0.102. The fourth-order valence-corrected chi connectivity index (χ4v) is 4.06. The van der Waals surface area contributed by atoms with Crippen LogP contribution in [0.3, 0.4) is 0 Å². The average Bonchev–Trinajstić information content (AvgIpc) is 3.35. The number of anilines is 2. The summed E-state index contributed by atoms with van der Waals surface area (Å²) in [7, 11) is 0. The van der Waals surface area contributed by atoms with Crippen molar-refractivity contribution in [2.45, 2.75) is 25.9 Å². The number of carbonyl (C=O) groups is 2. The van der Waals surface area contributed by atoms with Crippen molar-refractivity contribution < 1.29 is 19.1 Å². The first-order valence-electron chi connectivity index (χ1n) is 9.41. The second-order valence-electron chi connectivity index (χ2n) is 6.78. The van der Waals surface area contributed by atoms with Gasteiger partial charge in [0.05, 0.1) is 21.9 Å². The molecule has 2 aromatic carbocycles. The lowest BCUT2D eigenvalue weighted by atomic mass is 10.2. The summed E-state index contributed by atoms with van der Waals surface area (Å²) in [6, 6.07) is 12.6. The van der Waals surface area contributed by atoms with Gasteiger partial charge in [-0.1, -0.05) is 23.5 Å². The lowest BCUT2D eigenvalue weighted by Crippen LogP contribution is -2.19. The molecule has 1 fully saturated rings. The monoisotopic (exact) mass is 411 g/mol. The Morgan fingerprint density at radius 2 is 2.10 bits per heavy atom. The third kappa shape index (κ3) is 4.72. The molecule has 1 aliphatic heterocycles. The van der Waals surface area contributed by atoms with Crippen LogP contribution in [0.25, 0.3) is 10.2 Å². The molecule has 0 saturated carbocycles. The fourth-order valence-electron chi connectivity index (χ4n) is 3.16. The zero-order valence-corrected chi connectivity index (χ0v) is 16.8. The molecular weight excluding hydrogens is 390 g/mol. The Kier molecular flexibility index (Phi) is 5.73. The van der Waals surface area contributed by atoms with E-state index >= 15 is 0 Å². The quantitative estimate of drug-likeness (QED) is 0.638. The Labute approximate surface area is 172 Å². The highest BCUT2D eigenvalue weighted by molar-refractivity contribution is 7.22. The summed E-state index contributed by atoms with van der Waals surface area (Å²) in [4.78, 5) is 28.5.